The van der Waals surface area contributed by atoms with Crippen LogP contribution >= 0.6 is 0 Å². The smallest absolute Gasteiger partial charge is 0.230 e. The van der Waals surface area contributed by atoms with E-state index in [-0.39, 0.29) is 18.1 Å². The summed E-state index contributed by atoms with van der Waals surface area (Å²) in [7, 11) is 0. The number of carbonyl (C=O) groups excluding carboxylic acids is 1. The van der Waals surface area contributed by atoms with Crippen molar-refractivity contribution < 1.29 is 9.18 Å². The molecule has 5 heteroatoms. The number of carbonyl (C=O) groups is 1. The van der Waals surface area contributed by atoms with Gasteiger partial charge in [-0.25, -0.2) is 9.37 Å². The number of amides is 1. The van der Waals surface area contributed by atoms with E-state index in [9.17, 15) is 9.18 Å². The zero-order chi connectivity index (χ0) is 15.7. The second-order valence-electron chi connectivity index (χ2n) is 5.32. The molecular formula is C17H16FN3O. The molecule has 4 nitrogen and oxygen atoms in total. The second-order valence-corrected chi connectivity index (χ2v) is 5.32. The van der Waals surface area contributed by atoms with E-state index >= 15 is 0 Å². The average Bonchev–Trinajstić information content (AvgIpc) is 2.85. The van der Waals surface area contributed by atoms with Gasteiger partial charge in [-0.05, 0) is 43.2 Å². The summed E-state index contributed by atoms with van der Waals surface area (Å²) in [6, 6.07) is 8.72. The Balaban J connectivity index is 1.76. The number of anilines is 1. The Labute approximate surface area is 127 Å². The van der Waals surface area contributed by atoms with Crippen LogP contribution in [-0.2, 0) is 11.2 Å². The van der Waals surface area contributed by atoms with E-state index in [1.54, 1.807) is 16.7 Å². The summed E-state index contributed by atoms with van der Waals surface area (Å²) < 4.78 is 14.7. The summed E-state index contributed by atoms with van der Waals surface area (Å²) >= 11 is 0. The number of aryl methyl sites for hydroxylation is 1. The fourth-order valence-corrected chi connectivity index (χ4v) is 2.35. The minimum Gasteiger partial charge on any atom is -0.325 e. The van der Waals surface area contributed by atoms with Crippen LogP contribution < -0.4 is 5.32 Å². The first-order valence-electron chi connectivity index (χ1n) is 7.02. The normalized spacial score (nSPS) is 10.9. The van der Waals surface area contributed by atoms with Gasteiger partial charge >= 0.3 is 0 Å². The van der Waals surface area contributed by atoms with Gasteiger partial charge < -0.3 is 9.72 Å². The van der Waals surface area contributed by atoms with Crippen LogP contribution in [0.15, 0.2) is 42.7 Å². The predicted octanol–water partition coefficient (Wildman–Crippen LogP) is 3.27. The molecule has 112 valence electrons. The monoisotopic (exact) mass is 297 g/mol. The number of hydrogen-bond acceptors (Lipinski definition) is 2. The molecule has 2 aromatic heterocycles. The summed E-state index contributed by atoms with van der Waals surface area (Å²) in [6.45, 7) is 3.97. The van der Waals surface area contributed by atoms with Gasteiger partial charge in [-0.3, -0.25) is 4.79 Å². The molecule has 0 bridgehead atoms. The molecule has 0 saturated heterocycles. The van der Waals surface area contributed by atoms with Crippen LogP contribution in [-0.4, -0.2) is 15.3 Å². The number of imidazole rings is 1. The van der Waals surface area contributed by atoms with E-state index < -0.39 is 0 Å². The van der Waals surface area contributed by atoms with Gasteiger partial charge in [-0.2, -0.15) is 0 Å². The molecule has 1 N–H and O–H groups in total. The lowest BCUT2D eigenvalue weighted by Crippen LogP contribution is -2.15. The summed E-state index contributed by atoms with van der Waals surface area (Å²) in [5.74, 6) is -0.478. The van der Waals surface area contributed by atoms with E-state index in [1.807, 2.05) is 32.0 Å². The number of hydrogen-bond donors (Lipinski definition) is 1. The van der Waals surface area contributed by atoms with E-state index in [0.29, 0.717) is 11.3 Å². The molecule has 2 heterocycles. The summed E-state index contributed by atoms with van der Waals surface area (Å²) in [6.07, 6.45) is 3.16. The van der Waals surface area contributed by atoms with Crippen LogP contribution in [0.4, 0.5) is 10.1 Å². The number of pyridine rings is 1. The Hall–Kier alpha value is -2.69. The fraction of sp³-hybridized carbons (Fsp3) is 0.176. The summed E-state index contributed by atoms with van der Waals surface area (Å²) in [5.41, 5.74) is 4.21. The number of nitrogens with zero attached hydrogens (tertiary/aromatic N) is 2. The van der Waals surface area contributed by atoms with Gasteiger partial charge in [0.2, 0.25) is 5.91 Å². The van der Waals surface area contributed by atoms with Gasteiger partial charge in [0.05, 0.1) is 12.1 Å². The number of aromatic nitrogens is 2. The highest BCUT2D eigenvalue weighted by Crippen LogP contribution is 2.18. The molecule has 0 atom stereocenters. The first-order valence-corrected chi connectivity index (χ1v) is 7.02. The largest absolute Gasteiger partial charge is 0.325 e. The first kappa shape index (κ1) is 14.3. The standard InChI is InChI=1S/C17H16FN3O/c1-11-4-3-5-15(12(11)2)20-17(22)8-14-10-21-9-13(18)6-7-16(21)19-14/h3-7,9-10H,8H2,1-2H3,(H,20,22). The van der Waals surface area contributed by atoms with Crippen molar-refractivity contribution in [3.05, 3.63) is 65.4 Å². The van der Waals surface area contributed by atoms with Crippen LogP contribution in [0.1, 0.15) is 16.8 Å². The molecule has 0 spiro atoms. The van der Waals surface area contributed by atoms with E-state index in [1.165, 1.54) is 12.3 Å². The molecule has 0 saturated carbocycles. The highest BCUT2D eigenvalue weighted by Gasteiger charge is 2.10. The van der Waals surface area contributed by atoms with Crippen molar-refractivity contribution in [3.63, 3.8) is 0 Å². The van der Waals surface area contributed by atoms with Crippen molar-refractivity contribution in [2.45, 2.75) is 20.3 Å². The zero-order valence-electron chi connectivity index (χ0n) is 12.4. The third kappa shape index (κ3) is 2.83. The Morgan fingerprint density at radius 1 is 1.23 bits per heavy atom. The van der Waals surface area contributed by atoms with Crippen molar-refractivity contribution in [3.8, 4) is 0 Å². The number of fused-ring (bicyclic) bond motifs is 1. The molecule has 1 amide bonds. The number of nitrogens with one attached hydrogen (secondary N) is 1. The topological polar surface area (TPSA) is 46.4 Å². The van der Waals surface area contributed by atoms with Crippen LogP contribution in [0.25, 0.3) is 5.65 Å². The Bertz CT molecular complexity index is 854. The van der Waals surface area contributed by atoms with E-state index in [4.69, 9.17) is 0 Å². The molecule has 0 aliphatic heterocycles. The number of halogens is 1. The van der Waals surface area contributed by atoms with Crippen LogP contribution in [0, 0.1) is 19.7 Å². The van der Waals surface area contributed by atoms with Gasteiger partial charge in [0.25, 0.3) is 0 Å². The zero-order valence-corrected chi connectivity index (χ0v) is 12.4. The molecule has 0 aliphatic carbocycles. The van der Waals surface area contributed by atoms with Crippen molar-refractivity contribution in [1.82, 2.24) is 9.38 Å². The van der Waals surface area contributed by atoms with Crippen molar-refractivity contribution in [1.29, 1.82) is 0 Å². The molecule has 1 aromatic carbocycles. The quantitative estimate of drug-likeness (QED) is 0.806. The third-order valence-electron chi connectivity index (χ3n) is 3.69. The summed E-state index contributed by atoms with van der Waals surface area (Å²) in [5, 5.41) is 2.89. The Morgan fingerprint density at radius 2 is 2.05 bits per heavy atom. The fourth-order valence-electron chi connectivity index (χ4n) is 2.35. The minimum atomic E-state index is -0.337. The Morgan fingerprint density at radius 3 is 2.86 bits per heavy atom. The van der Waals surface area contributed by atoms with Gasteiger partial charge in [-0.15, -0.1) is 0 Å². The molecule has 3 aromatic rings. The highest BCUT2D eigenvalue weighted by molar-refractivity contribution is 5.93. The maximum absolute atomic E-state index is 13.2. The van der Waals surface area contributed by atoms with Crippen molar-refractivity contribution in [2.24, 2.45) is 0 Å². The van der Waals surface area contributed by atoms with Gasteiger partial charge in [0.1, 0.15) is 11.5 Å². The molecular weight excluding hydrogens is 281 g/mol. The SMILES string of the molecule is Cc1cccc(NC(=O)Cc2cn3cc(F)ccc3n2)c1C. The van der Waals surface area contributed by atoms with Gasteiger partial charge in [0.15, 0.2) is 0 Å². The lowest BCUT2D eigenvalue weighted by atomic mass is 10.1. The maximum Gasteiger partial charge on any atom is 0.230 e. The number of rotatable bonds is 3. The third-order valence-corrected chi connectivity index (χ3v) is 3.69. The Kier molecular flexibility index (Phi) is 3.63. The van der Waals surface area contributed by atoms with Crippen LogP contribution in [0.3, 0.4) is 0 Å². The van der Waals surface area contributed by atoms with Crippen LogP contribution in [0.5, 0.6) is 0 Å². The van der Waals surface area contributed by atoms with E-state index in [0.717, 1.165) is 16.8 Å². The first-order chi connectivity index (χ1) is 10.5. The molecule has 0 unspecified atom stereocenters. The highest BCUT2D eigenvalue weighted by atomic mass is 19.1. The lowest BCUT2D eigenvalue weighted by Gasteiger charge is -2.09. The molecule has 3 rings (SSSR count). The number of benzene rings is 1. The molecule has 0 fully saturated rings. The lowest BCUT2D eigenvalue weighted by molar-refractivity contribution is -0.115. The predicted molar refractivity (Wildman–Crippen MR) is 83.4 cm³/mol. The van der Waals surface area contributed by atoms with Crippen molar-refractivity contribution in [2.75, 3.05) is 5.32 Å². The maximum atomic E-state index is 13.2. The van der Waals surface area contributed by atoms with Crippen molar-refractivity contribution >= 4 is 17.2 Å². The molecule has 22 heavy (non-hydrogen) atoms. The van der Waals surface area contributed by atoms with Gasteiger partial charge in [-0.1, -0.05) is 12.1 Å². The minimum absolute atomic E-state index is 0.141. The summed E-state index contributed by atoms with van der Waals surface area (Å²) in [4.78, 5) is 16.5. The van der Waals surface area contributed by atoms with E-state index in [2.05, 4.69) is 10.3 Å². The van der Waals surface area contributed by atoms with Gasteiger partial charge in [0, 0.05) is 18.1 Å². The average molecular weight is 297 g/mol. The molecule has 0 radical (unpaired) electrons. The molecule has 0 aliphatic rings. The van der Waals surface area contributed by atoms with Crippen LogP contribution in [0.2, 0.25) is 0 Å². The second kappa shape index (κ2) is 5.60.